The molecule has 0 fully saturated rings. The standard InChI is InChI=1S/C14H16N2/c1-16(2)14-10-6-9-13(15-14)11-12-7-4-3-5-8-12/h3-10H,11H2,1-2H3. The zero-order valence-electron chi connectivity index (χ0n) is 9.72. The Kier molecular flexibility index (Phi) is 3.20. The van der Waals surface area contributed by atoms with Crippen LogP contribution in [-0.4, -0.2) is 19.1 Å². The number of rotatable bonds is 3. The molecule has 1 aromatic carbocycles. The largest absolute Gasteiger partial charge is 0.363 e. The first-order chi connectivity index (χ1) is 7.75. The van der Waals surface area contributed by atoms with E-state index in [0.29, 0.717) is 0 Å². The first-order valence-electron chi connectivity index (χ1n) is 5.43. The molecule has 2 rings (SSSR count). The molecule has 0 unspecified atom stereocenters. The lowest BCUT2D eigenvalue weighted by molar-refractivity contribution is 1.01. The summed E-state index contributed by atoms with van der Waals surface area (Å²) in [5.41, 5.74) is 2.41. The molecule has 2 nitrogen and oxygen atoms in total. The molecule has 0 atom stereocenters. The van der Waals surface area contributed by atoms with Gasteiger partial charge in [0.15, 0.2) is 0 Å². The van der Waals surface area contributed by atoms with E-state index in [1.807, 2.05) is 31.1 Å². The zero-order valence-corrected chi connectivity index (χ0v) is 9.72. The van der Waals surface area contributed by atoms with E-state index in [1.165, 1.54) is 5.56 Å². The highest BCUT2D eigenvalue weighted by molar-refractivity contribution is 5.38. The second-order valence-electron chi connectivity index (χ2n) is 4.04. The third kappa shape index (κ3) is 2.60. The van der Waals surface area contributed by atoms with E-state index in [-0.39, 0.29) is 0 Å². The Hall–Kier alpha value is -1.83. The Balaban J connectivity index is 2.19. The van der Waals surface area contributed by atoms with Gasteiger partial charge in [-0.25, -0.2) is 4.98 Å². The number of pyridine rings is 1. The number of hydrogen-bond acceptors (Lipinski definition) is 2. The average Bonchev–Trinajstić information content (AvgIpc) is 2.30. The summed E-state index contributed by atoms with van der Waals surface area (Å²) in [5.74, 6) is 1.01. The van der Waals surface area contributed by atoms with Crippen molar-refractivity contribution < 1.29 is 0 Å². The molecule has 16 heavy (non-hydrogen) atoms. The van der Waals surface area contributed by atoms with E-state index in [4.69, 9.17) is 0 Å². The number of hydrogen-bond donors (Lipinski definition) is 0. The summed E-state index contributed by atoms with van der Waals surface area (Å²) >= 11 is 0. The summed E-state index contributed by atoms with van der Waals surface area (Å²) in [5, 5.41) is 0. The highest BCUT2D eigenvalue weighted by atomic mass is 15.1. The Morgan fingerprint density at radius 1 is 0.938 bits per heavy atom. The van der Waals surface area contributed by atoms with Crippen LogP contribution in [0.2, 0.25) is 0 Å². The molecule has 0 aliphatic heterocycles. The van der Waals surface area contributed by atoms with Gasteiger partial charge < -0.3 is 4.90 Å². The fourth-order valence-corrected chi connectivity index (χ4v) is 1.62. The van der Waals surface area contributed by atoms with Crippen LogP contribution in [0.1, 0.15) is 11.3 Å². The second kappa shape index (κ2) is 4.79. The van der Waals surface area contributed by atoms with Gasteiger partial charge in [-0.1, -0.05) is 36.4 Å². The molecule has 2 heteroatoms. The van der Waals surface area contributed by atoms with Crippen molar-refractivity contribution in [3.63, 3.8) is 0 Å². The maximum atomic E-state index is 4.59. The summed E-state index contributed by atoms with van der Waals surface area (Å²) < 4.78 is 0. The molecular weight excluding hydrogens is 196 g/mol. The maximum Gasteiger partial charge on any atom is 0.128 e. The molecule has 0 aliphatic rings. The molecule has 1 heterocycles. The van der Waals surface area contributed by atoms with Crippen LogP contribution in [0.4, 0.5) is 5.82 Å². The van der Waals surface area contributed by atoms with Gasteiger partial charge in [0.05, 0.1) is 0 Å². The zero-order chi connectivity index (χ0) is 11.4. The summed E-state index contributed by atoms with van der Waals surface area (Å²) in [6.07, 6.45) is 0.891. The van der Waals surface area contributed by atoms with E-state index >= 15 is 0 Å². The van der Waals surface area contributed by atoms with Crippen molar-refractivity contribution in [3.8, 4) is 0 Å². The average molecular weight is 212 g/mol. The normalized spacial score (nSPS) is 10.1. The molecule has 0 radical (unpaired) electrons. The van der Waals surface area contributed by atoms with Gasteiger partial charge in [0.1, 0.15) is 5.82 Å². The highest BCUT2D eigenvalue weighted by Gasteiger charge is 2.00. The number of benzene rings is 1. The minimum atomic E-state index is 0.891. The van der Waals surface area contributed by atoms with E-state index in [1.54, 1.807) is 0 Å². The van der Waals surface area contributed by atoms with Gasteiger partial charge in [0, 0.05) is 26.2 Å². The van der Waals surface area contributed by atoms with Gasteiger partial charge in [-0.05, 0) is 17.7 Å². The van der Waals surface area contributed by atoms with E-state index < -0.39 is 0 Å². The van der Waals surface area contributed by atoms with Crippen molar-refractivity contribution in [2.75, 3.05) is 19.0 Å². The number of nitrogens with zero attached hydrogens (tertiary/aromatic N) is 2. The van der Waals surface area contributed by atoms with Crippen LogP contribution in [0.25, 0.3) is 0 Å². The van der Waals surface area contributed by atoms with Gasteiger partial charge >= 0.3 is 0 Å². The SMILES string of the molecule is CN(C)c1cccc(Cc2ccccc2)n1. The smallest absolute Gasteiger partial charge is 0.128 e. The van der Waals surface area contributed by atoms with Crippen LogP contribution in [0, 0.1) is 0 Å². The predicted molar refractivity (Wildman–Crippen MR) is 67.8 cm³/mol. The molecule has 82 valence electrons. The molecule has 2 aromatic rings. The second-order valence-corrected chi connectivity index (χ2v) is 4.04. The van der Waals surface area contributed by atoms with Gasteiger partial charge in [-0.3, -0.25) is 0 Å². The molecule has 0 N–H and O–H groups in total. The number of aromatic nitrogens is 1. The van der Waals surface area contributed by atoms with E-state index in [0.717, 1.165) is 17.9 Å². The Morgan fingerprint density at radius 2 is 1.69 bits per heavy atom. The topological polar surface area (TPSA) is 16.1 Å². The van der Waals surface area contributed by atoms with Gasteiger partial charge in [0.25, 0.3) is 0 Å². The van der Waals surface area contributed by atoms with Crippen LogP contribution < -0.4 is 4.90 Å². The highest BCUT2D eigenvalue weighted by Crippen LogP contribution is 2.11. The maximum absolute atomic E-state index is 4.59. The fraction of sp³-hybridized carbons (Fsp3) is 0.214. The van der Waals surface area contributed by atoms with Crippen LogP contribution in [0.3, 0.4) is 0 Å². The Labute approximate surface area is 96.6 Å². The fourth-order valence-electron chi connectivity index (χ4n) is 1.62. The van der Waals surface area contributed by atoms with Crippen molar-refractivity contribution in [3.05, 3.63) is 59.8 Å². The lowest BCUT2D eigenvalue weighted by Gasteiger charge is -2.12. The lowest BCUT2D eigenvalue weighted by atomic mass is 10.1. The van der Waals surface area contributed by atoms with Crippen molar-refractivity contribution in [2.24, 2.45) is 0 Å². The molecule has 0 saturated carbocycles. The predicted octanol–water partition coefficient (Wildman–Crippen LogP) is 2.74. The van der Waals surface area contributed by atoms with Crippen molar-refractivity contribution in [1.82, 2.24) is 4.98 Å². The Morgan fingerprint density at radius 3 is 2.38 bits per heavy atom. The first kappa shape index (κ1) is 10.7. The lowest BCUT2D eigenvalue weighted by Crippen LogP contribution is -2.11. The Bertz CT molecular complexity index is 449. The van der Waals surface area contributed by atoms with Crippen molar-refractivity contribution in [2.45, 2.75) is 6.42 Å². The first-order valence-corrected chi connectivity index (χ1v) is 5.43. The monoisotopic (exact) mass is 212 g/mol. The minimum Gasteiger partial charge on any atom is -0.363 e. The van der Waals surface area contributed by atoms with Gasteiger partial charge in [-0.15, -0.1) is 0 Å². The van der Waals surface area contributed by atoms with E-state index in [2.05, 4.69) is 41.4 Å². The molecule has 0 aliphatic carbocycles. The van der Waals surface area contributed by atoms with E-state index in [9.17, 15) is 0 Å². The third-order valence-corrected chi connectivity index (χ3v) is 2.48. The molecule has 1 aromatic heterocycles. The summed E-state index contributed by atoms with van der Waals surface area (Å²) in [4.78, 5) is 6.62. The van der Waals surface area contributed by atoms with Crippen LogP contribution in [0.5, 0.6) is 0 Å². The summed E-state index contributed by atoms with van der Waals surface area (Å²) in [6, 6.07) is 16.6. The molecule has 0 bridgehead atoms. The molecule has 0 spiro atoms. The van der Waals surface area contributed by atoms with Crippen molar-refractivity contribution in [1.29, 1.82) is 0 Å². The summed E-state index contributed by atoms with van der Waals surface area (Å²) in [7, 11) is 4.02. The molecule has 0 saturated heterocycles. The summed E-state index contributed by atoms with van der Waals surface area (Å²) in [6.45, 7) is 0. The van der Waals surface area contributed by atoms with Gasteiger partial charge in [0.2, 0.25) is 0 Å². The molecule has 0 amide bonds. The molecular formula is C14H16N2. The van der Waals surface area contributed by atoms with Crippen molar-refractivity contribution >= 4 is 5.82 Å². The van der Waals surface area contributed by atoms with Crippen LogP contribution >= 0.6 is 0 Å². The van der Waals surface area contributed by atoms with Gasteiger partial charge in [-0.2, -0.15) is 0 Å². The van der Waals surface area contributed by atoms with Crippen LogP contribution in [-0.2, 0) is 6.42 Å². The minimum absolute atomic E-state index is 0.891. The quantitative estimate of drug-likeness (QED) is 0.777. The van der Waals surface area contributed by atoms with Crippen LogP contribution in [0.15, 0.2) is 48.5 Å². The number of anilines is 1. The third-order valence-electron chi connectivity index (χ3n) is 2.48.